The summed E-state index contributed by atoms with van der Waals surface area (Å²) in [7, 11) is 1.63. The van der Waals surface area contributed by atoms with Crippen LogP contribution in [0, 0.1) is 0 Å². The first-order valence-electron chi connectivity index (χ1n) is 10.8. The van der Waals surface area contributed by atoms with Gasteiger partial charge in [0.2, 0.25) is 0 Å². The van der Waals surface area contributed by atoms with Crippen LogP contribution in [0.5, 0.6) is 5.75 Å². The van der Waals surface area contributed by atoms with Crippen LogP contribution in [0.15, 0.2) is 84.9 Å². The van der Waals surface area contributed by atoms with Crippen LogP contribution in [-0.4, -0.2) is 31.7 Å². The summed E-state index contributed by atoms with van der Waals surface area (Å²) < 4.78 is 23.6. The lowest BCUT2D eigenvalue weighted by atomic mass is 9.95. The number of hydrogen-bond acceptors (Lipinski definition) is 5. The lowest BCUT2D eigenvalue weighted by Gasteiger charge is -2.35. The molecule has 1 fully saturated rings. The van der Waals surface area contributed by atoms with Gasteiger partial charge in [-0.05, 0) is 28.8 Å². The van der Waals surface area contributed by atoms with Crippen molar-refractivity contribution in [3.63, 3.8) is 0 Å². The minimum atomic E-state index is -0.666. The molecular weight excluding hydrogens is 404 g/mol. The lowest BCUT2D eigenvalue weighted by Crippen LogP contribution is -2.46. The predicted molar refractivity (Wildman–Crippen MR) is 121 cm³/mol. The maximum absolute atomic E-state index is 13.1. The first-order valence-corrected chi connectivity index (χ1v) is 10.8. The Morgan fingerprint density at radius 3 is 2.09 bits per heavy atom. The molecular formula is C27H28O5. The Balaban J connectivity index is 1.45. The number of Topliss-reactive ketones (excluding diaryl/α,β-unsaturated/α-hetero) is 1. The topological polar surface area (TPSA) is 54.0 Å². The van der Waals surface area contributed by atoms with Gasteiger partial charge in [0.15, 0.2) is 5.78 Å². The van der Waals surface area contributed by atoms with Crippen molar-refractivity contribution in [3.8, 4) is 5.75 Å². The number of hydrogen-bond donors (Lipinski definition) is 0. The Kier molecular flexibility index (Phi) is 7.67. The van der Waals surface area contributed by atoms with Crippen LogP contribution < -0.4 is 4.74 Å². The van der Waals surface area contributed by atoms with E-state index in [1.807, 2.05) is 84.9 Å². The van der Waals surface area contributed by atoms with Crippen molar-refractivity contribution in [3.05, 3.63) is 102 Å². The molecule has 0 amide bonds. The van der Waals surface area contributed by atoms with Crippen LogP contribution in [0.25, 0.3) is 0 Å². The van der Waals surface area contributed by atoms with E-state index in [4.69, 9.17) is 18.9 Å². The highest BCUT2D eigenvalue weighted by molar-refractivity contribution is 5.85. The molecule has 166 valence electrons. The van der Waals surface area contributed by atoms with Gasteiger partial charge < -0.3 is 18.9 Å². The van der Waals surface area contributed by atoms with Gasteiger partial charge in [-0.3, -0.25) is 4.79 Å². The fourth-order valence-electron chi connectivity index (χ4n) is 3.81. The molecule has 0 bridgehead atoms. The Bertz CT molecular complexity index is 972. The van der Waals surface area contributed by atoms with Gasteiger partial charge >= 0.3 is 0 Å². The number of ether oxygens (including phenoxy) is 4. The van der Waals surface area contributed by atoms with E-state index in [9.17, 15) is 4.79 Å². The largest absolute Gasteiger partial charge is 0.497 e. The number of rotatable bonds is 9. The van der Waals surface area contributed by atoms with Gasteiger partial charge in [-0.25, -0.2) is 0 Å². The fourth-order valence-corrected chi connectivity index (χ4v) is 3.81. The molecule has 1 heterocycles. The van der Waals surface area contributed by atoms with Crippen molar-refractivity contribution in [1.82, 2.24) is 0 Å². The Labute approximate surface area is 188 Å². The molecule has 0 aromatic heterocycles. The van der Waals surface area contributed by atoms with E-state index in [0.29, 0.717) is 13.2 Å². The third-order valence-corrected chi connectivity index (χ3v) is 5.53. The molecule has 3 aromatic carbocycles. The third-order valence-electron chi connectivity index (χ3n) is 5.53. The molecule has 1 saturated heterocycles. The molecule has 3 aromatic rings. The highest BCUT2D eigenvalue weighted by Crippen LogP contribution is 2.32. The molecule has 3 atom stereocenters. The summed E-state index contributed by atoms with van der Waals surface area (Å²) in [4.78, 5) is 13.1. The first kappa shape index (κ1) is 22.2. The second-order valence-electron chi connectivity index (χ2n) is 7.82. The minimum Gasteiger partial charge on any atom is -0.497 e. The minimum absolute atomic E-state index is 0.0290. The van der Waals surface area contributed by atoms with E-state index in [0.717, 1.165) is 22.4 Å². The van der Waals surface area contributed by atoms with Crippen molar-refractivity contribution in [1.29, 1.82) is 0 Å². The lowest BCUT2D eigenvalue weighted by molar-refractivity contribution is -0.179. The third kappa shape index (κ3) is 5.82. The molecule has 1 aliphatic heterocycles. The zero-order valence-electron chi connectivity index (χ0n) is 18.2. The number of carbonyl (C=O) groups is 1. The van der Waals surface area contributed by atoms with Crippen molar-refractivity contribution < 1.29 is 23.7 Å². The van der Waals surface area contributed by atoms with Gasteiger partial charge in [0.25, 0.3) is 0 Å². The normalized spacial score (nSPS) is 20.8. The maximum atomic E-state index is 13.1. The summed E-state index contributed by atoms with van der Waals surface area (Å²) in [5.74, 6) is 0.795. The summed E-state index contributed by atoms with van der Waals surface area (Å²) in [5, 5.41) is 0. The second kappa shape index (κ2) is 11.0. The molecule has 0 aliphatic carbocycles. The van der Waals surface area contributed by atoms with Gasteiger partial charge in [0.05, 0.1) is 33.0 Å². The molecule has 0 spiro atoms. The highest BCUT2D eigenvalue weighted by Gasteiger charge is 2.39. The smallest absolute Gasteiger partial charge is 0.167 e. The van der Waals surface area contributed by atoms with E-state index in [1.54, 1.807) is 7.11 Å². The maximum Gasteiger partial charge on any atom is 0.167 e. The summed E-state index contributed by atoms with van der Waals surface area (Å²) in [6.45, 7) is 1.07. The zero-order valence-corrected chi connectivity index (χ0v) is 18.2. The molecule has 32 heavy (non-hydrogen) atoms. The quantitative estimate of drug-likeness (QED) is 0.482. The van der Waals surface area contributed by atoms with Crippen LogP contribution in [0.2, 0.25) is 0 Å². The SMILES string of the molecule is COc1ccc([C@H]2CC(=O)[C@H](OCc3ccccc3)[C@@H](COCc3ccccc3)O2)cc1. The average Bonchev–Trinajstić information content (AvgIpc) is 2.85. The van der Waals surface area contributed by atoms with Gasteiger partial charge in [0, 0.05) is 6.42 Å². The van der Waals surface area contributed by atoms with Gasteiger partial charge in [-0.15, -0.1) is 0 Å². The van der Waals surface area contributed by atoms with Crippen molar-refractivity contribution in [2.24, 2.45) is 0 Å². The summed E-state index contributed by atoms with van der Waals surface area (Å²) in [5.41, 5.74) is 3.03. The van der Waals surface area contributed by atoms with Crippen molar-refractivity contribution in [2.45, 2.75) is 37.9 Å². The molecule has 0 radical (unpaired) electrons. The first-order chi connectivity index (χ1) is 15.7. The highest BCUT2D eigenvalue weighted by atomic mass is 16.6. The van der Waals surface area contributed by atoms with Crippen LogP contribution in [-0.2, 0) is 32.2 Å². The van der Waals surface area contributed by atoms with Gasteiger partial charge in [-0.1, -0.05) is 72.8 Å². The summed E-state index contributed by atoms with van der Waals surface area (Å²) in [6, 6.07) is 27.4. The van der Waals surface area contributed by atoms with Crippen LogP contribution >= 0.6 is 0 Å². The molecule has 0 N–H and O–H groups in total. The average molecular weight is 433 g/mol. The second-order valence-corrected chi connectivity index (χ2v) is 7.82. The Hall–Kier alpha value is -2.99. The standard InChI is InChI=1S/C27H28O5/c1-29-23-14-12-22(13-15-23)25-16-24(28)27(31-18-21-10-6-3-7-11-21)26(32-25)19-30-17-20-8-4-2-5-9-20/h2-15,25-27H,16-19H2,1H3/t25-,26-,27+/m1/s1. The Morgan fingerprint density at radius 2 is 1.47 bits per heavy atom. The predicted octanol–water partition coefficient (Wildman–Crippen LogP) is 4.90. The van der Waals surface area contributed by atoms with Gasteiger partial charge in [0.1, 0.15) is 18.0 Å². The van der Waals surface area contributed by atoms with Crippen LogP contribution in [0.3, 0.4) is 0 Å². The molecule has 5 heteroatoms. The zero-order chi connectivity index (χ0) is 22.2. The van der Waals surface area contributed by atoms with Gasteiger partial charge in [-0.2, -0.15) is 0 Å². The fraction of sp³-hybridized carbons (Fsp3) is 0.296. The number of benzene rings is 3. The number of methoxy groups -OCH3 is 1. The molecule has 5 nitrogen and oxygen atoms in total. The van der Waals surface area contributed by atoms with E-state index < -0.39 is 12.2 Å². The van der Waals surface area contributed by atoms with Crippen LogP contribution in [0.4, 0.5) is 0 Å². The molecule has 1 aliphatic rings. The monoisotopic (exact) mass is 432 g/mol. The van der Waals surface area contributed by atoms with E-state index in [2.05, 4.69) is 0 Å². The van der Waals surface area contributed by atoms with E-state index in [-0.39, 0.29) is 24.9 Å². The van der Waals surface area contributed by atoms with Crippen molar-refractivity contribution in [2.75, 3.05) is 13.7 Å². The Morgan fingerprint density at radius 1 is 0.844 bits per heavy atom. The van der Waals surface area contributed by atoms with Crippen molar-refractivity contribution >= 4 is 5.78 Å². The number of carbonyl (C=O) groups excluding carboxylic acids is 1. The summed E-state index contributed by atoms with van der Waals surface area (Å²) >= 11 is 0. The molecule has 4 rings (SSSR count). The number of ketones is 1. The summed E-state index contributed by atoms with van der Waals surface area (Å²) in [6.07, 6.45) is -1.23. The molecule has 0 unspecified atom stereocenters. The van der Waals surface area contributed by atoms with E-state index >= 15 is 0 Å². The van der Waals surface area contributed by atoms with Crippen LogP contribution in [0.1, 0.15) is 29.2 Å². The van der Waals surface area contributed by atoms with E-state index in [1.165, 1.54) is 0 Å². The molecule has 0 saturated carbocycles.